The van der Waals surface area contributed by atoms with Crippen molar-refractivity contribution in [3.8, 4) is 0 Å². The maximum absolute atomic E-state index is 11.6. The summed E-state index contributed by atoms with van der Waals surface area (Å²) in [5.41, 5.74) is 0. The van der Waals surface area contributed by atoms with Gasteiger partial charge in [0.1, 0.15) is 0 Å². The van der Waals surface area contributed by atoms with E-state index in [9.17, 15) is 9.90 Å². The van der Waals surface area contributed by atoms with Crippen molar-refractivity contribution in [3.05, 3.63) is 0 Å². The zero-order chi connectivity index (χ0) is 15.4. The Bertz CT molecular complexity index is 344. The average molecular weight is 296 g/mol. The van der Waals surface area contributed by atoms with Crippen LogP contribution in [-0.2, 0) is 4.79 Å². The van der Waals surface area contributed by atoms with Crippen molar-refractivity contribution in [3.63, 3.8) is 0 Å². The van der Waals surface area contributed by atoms with E-state index in [1.54, 1.807) is 0 Å². The SMILES string of the molecule is CCC1CCC(C(=O)O)C(N2CCC(N(CC)CC)C2)C1. The molecule has 0 aromatic carbocycles. The van der Waals surface area contributed by atoms with Gasteiger partial charge in [-0.1, -0.05) is 27.2 Å². The second-order valence-corrected chi connectivity index (χ2v) is 6.76. The summed E-state index contributed by atoms with van der Waals surface area (Å²) >= 11 is 0. The summed E-state index contributed by atoms with van der Waals surface area (Å²) in [5, 5.41) is 9.56. The van der Waals surface area contributed by atoms with Gasteiger partial charge < -0.3 is 5.11 Å². The number of likely N-dealkylation sites (tertiary alicyclic amines) is 1. The first-order chi connectivity index (χ1) is 10.1. The molecule has 0 spiro atoms. The molecule has 4 nitrogen and oxygen atoms in total. The molecular weight excluding hydrogens is 264 g/mol. The van der Waals surface area contributed by atoms with Gasteiger partial charge >= 0.3 is 5.97 Å². The summed E-state index contributed by atoms with van der Waals surface area (Å²) in [5.74, 6) is -0.0119. The van der Waals surface area contributed by atoms with Gasteiger partial charge in [-0.15, -0.1) is 0 Å². The fourth-order valence-electron chi connectivity index (χ4n) is 4.40. The lowest BCUT2D eigenvalue weighted by molar-refractivity contribution is -0.146. The summed E-state index contributed by atoms with van der Waals surface area (Å²) in [6.45, 7) is 11.0. The van der Waals surface area contributed by atoms with Gasteiger partial charge in [0, 0.05) is 25.2 Å². The minimum absolute atomic E-state index is 0.150. The highest BCUT2D eigenvalue weighted by Gasteiger charge is 2.40. The van der Waals surface area contributed by atoms with Crippen molar-refractivity contribution in [1.29, 1.82) is 0 Å². The van der Waals surface area contributed by atoms with Crippen molar-refractivity contribution in [2.75, 3.05) is 26.2 Å². The van der Waals surface area contributed by atoms with Crippen LogP contribution in [0.2, 0.25) is 0 Å². The normalized spacial score (nSPS) is 34.5. The van der Waals surface area contributed by atoms with Gasteiger partial charge in [0.15, 0.2) is 0 Å². The highest BCUT2D eigenvalue weighted by atomic mass is 16.4. The third-order valence-electron chi connectivity index (χ3n) is 5.81. The topological polar surface area (TPSA) is 43.8 Å². The van der Waals surface area contributed by atoms with Crippen LogP contribution < -0.4 is 0 Å². The lowest BCUT2D eigenvalue weighted by Crippen LogP contribution is -2.47. The maximum Gasteiger partial charge on any atom is 0.308 e. The average Bonchev–Trinajstić information content (AvgIpc) is 2.97. The van der Waals surface area contributed by atoms with E-state index in [2.05, 4.69) is 30.6 Å². The zero-order valence-electron chi connectivity index (χ0n) is 13.9. The van der Waals surface area contributed by atoms with Gasteiger partial charge in [-0.2, -0.15) is 0 Å². The molecule has 4 unspecified atom stereocenters. The number of aliphatic carboxylic acids is 1. The molecule has 2 fully saturated rings. The minimum atomic E-state index is -0.583. The van der Waals surface area contributed by atoms with E-state index < -0.39 is 5.97 Å². The number of nitrogens with zero attached hydrogens (tertiary/aromatic N) is 2. The Morgan fingerprint density at radius 3 is 2.48 bits per heavy atom. The first-order valence-electron chi connectivity index (χ1n) is 8.81. The zero-order valence-corrected chi connectivity index (χ0v) is 13.9. The van der Waals surface area contributed by atoms with Crippen LogP contribution in [0.15, 0.2) is 0 Å². The van der Waals surface area contributed by atoms with Gasteiger partial charge in [0.05, 0.1) is 5.92 Å². The molecule has 4 heteroatoms. The highest BCUT2D eigenvalue weighted by molar-refractivity contribution is 5.71. The largest absolute Gasteiger partial charge is 0.481 e. The van der Waals surface area contributed by atoms with Crippen LogP contribution >= 0.6 is 0 Å². The Labute approximate surface area is 129 Å². The molecule has 2 aliphatic rings. The molecule has 0 aromatic rings. The first kappa shape index (κ1) is 16.8. The summed E-state index contributed by atoms with van der Waals surface area (Å²) < 4.78 is 0. The summed E-state index contributed by atoms with van der Waals surface area (Å²) in [7, 11) is 0. The second kappa shape index (κ2) is 7.59. The Hall–Kier alpha value is -0.610. The van der Waals surface area contributed by atoms with Crippen molar-refractivity contribution >= 4 is 5.97 Å². The number of hydrogen-bond donors (Lipinski definition) is 1. The molecule has 122 valence electrons. The number of carboxylic acid groups (broad SMARTS) is 1. The fourth-order valence-corrected chi connectivity index (χ4v) is 4.40. The monoisotopic (exact) mass is 296 g/mol. The van der Waals surface area contributed by atoms with E-state index in [0.29, 0.717) is 6.04 Å². The van der Waals surface area contributed by atoms with E-state index in [1.807, 2.05) is 0 Å². The van der Waals surface area contributed by atoms with Crippen molar-refractivity contribution in [2.24, 2.45) is 11.8 Å². The molecule has 0 radical (unpaired) electrons. The molecule has 0 bridgehead atoms. The van der Waals surface area contributed by atoms with E-state index in [0.717, 1.165) is 51.4 Å². The molecule has 0 amide bonds. The smallest absolute Gasteiger partial charge is 0.308 e. The number of hydrogen-bond acceptors (Lipinski definition) is 3. The lowest BCUT2D eigenvalue weighted by Gasteiger charge is -2.39. The predicted octanol–water partition coefficient (Wildman–Crippen LogP) is 2.68. The Balaban J connectivity index is 2.02. The first-order valence-corrected chi connectivity index (χ1v) is 8.81. The number of rotatable bonds is 6. The van der Waals surface area contributed by atoms with Crippen molar-refractivity contribution in [1.82, 2.24) is 9.80 Å². The second-order valence-electron chi connectivity index (χ2n) is 6.76. The number of carboxylic acids is 1. The molecule has 4 atom stereocenters. The third kappa shape index (κ3) is 3.78. The predicted molar refractivity (Wildman–Crippen MR) is 85.4 cm³/mol. The van der Waals surface area contributed by atoms with Crippen LogP contribution in [0.5, 0.6) is 0 Å². The van der Waals surface area contributed by atoms with E-state index in [4.69, 9.17) is 0 Å². The molecule has 2 rings (SSSR count). The van der Waals surface area contributed by atoms with E-state index >= 15 is 0 Å². The molecule has 1 N–H and O–H groups in total. The summed E-state index contributed by atoms with van der Waals surface area (Å²) in [6.07, 6.45) is 5.43. The number of likely N-dealkylation sites (N-methyl/N-ethyl adjacent to an activating group) is 1. The molecular formula is C17H32N2O2. The van der Waals surface area contributed by atoms with Crippen LogP contribution in [0.1, 0.15) is 52.9 Å². The van der Waals surface area contributed by atoms with Gasteiger partial charge in [0.25, 0.3) is 0 Å². The minimum Gasteiger partial charge on any atom is -0.481 e. The van der Waals surface area contributed by atoms with Gasteiger partial charge in [-0.3, -0.25) is 14.6 Å². The summed E-state index contributed by atoms with van der Waals surface area (Å²) in [4.78, 5) is 16.6. The van der Waals surface area contributed by atoms with Crippen LogP contribution in [0.4, 0.5) is 0 Å². The fraction of sp³-hybridized carbons (Fsp3) is 0.941. The Morgan fingerprint density at radius 2 is 1.90 bits per heavy atom. The van der Waals surface area contributed by atoms with Crippen LogP contribution in [0, 0.1) is 11.8 Å². The molecule has 21 heavy (non-hydrogen) atoms. The third-order valence-corrected chi connectivity index (χ3v) is 5.81. The molecule has 1 aliphatic heterocycles. The van der Waals surface area contributed by atoms with Gasteiger partial charge in [-0.25, -0.2) is 0 Å². The van der Waals surface area contributed by atoms with E-state index in [1.165, 1.54) is 12.8 Å². The van der Waals surface area contributed by atoms with Gasteiger partial charge in [-0.05, 0) is 44.7 Å². The highest BCUT2D eigenvalue weighted by Crippen LogP contribution is 2.36. The Kier molecular flexibility index (Phi) is 6.06. The van der Waals surface area contributed by atoms with Crippen molar-refractivity contribution < 1.29 is 9.90 Å². The maximum atomic E-state index is 11.6. The van der Waals surface area contributed by atoms with Crippen LogP contribution in [-0.4, -0.2) is 59.1 Å². The molecule has 1 heterocycles. The molecule has 1 saturated heterocycles. The Morgan fingerprint density at radius 1 is 1.19 bits per heavy atom. The molecule has 1 aliphatic carbocycles. The van der Waals surface area contributed by atoms with Crippen molar-refractivity contribution in [2.45, 2.75) is 65.0 Å². The molecule has 1 saturated carbocycles. The lowest BCUT2D eigenvalue weighted by atomic mass is 9.76. The van der Waals surface area contributed by atoms with Crippen LogP contribution in [0.3, 0.4) is 0 Å². The van der Waals surface area contributed by atoms with Gasteiger partial charge in [0.2, 0.25) is 0 Å². The van der Waals surface area contributed by atoms with Crippen LogP contribution in [0.25, 0.3) is 0 Å². The summed E-state index contributed by atoms with van der Waals surface area (Å²) in [6, 6.07) is 0.887. The van der Waals surface area contributed by atoms with E-state index in [-0.39, 0.29) is 12.0 Å². The molecule has 0 aromatic heterocycles. The quantitative estimate of drug-likeness (QED) is 0.818. The number of carbonyl (C=O) groups is 1. The standard InChI is InChI=1S/C17H32N2O2/c1-4-13-7-8-15(17(20)21)16(11-13)19-10-9-14(12-19)18(5-2)6-3/h13-16H,4-12H2,1-3H3,(H,20,21).